The zero-order valence-electron chi connectivity index (χ0n) is 12.3. The van der Waals surface area contributed by atoms with E-state index in [9.17, 15) is 0 Å². The highest BCUT2D eigenvalue weighted by molar-refractivity contribution is 5.43. The molecule has 3 heteroatoms. The molecule has 0 amide bonds. The molecule has 1 aromatic rings. The highest BCUT2D eigenvalue weighted by atomic mass is 16.5. The van der Waals surface area contributed by atoms with Crippen LogP contribution in [0.5, 0.6) is 11.5 Å². The molecular weight excluding hydrogens is 238 g/mol. The Labute approximate surface area is 116 Å². The maximum absolute atomic E-state index is 5.77. The Balaban J connectivity index is 2.63. The second-order valence-corrected chi connectivity index (χ2v) is 4.72. The molecule has 3 nitrogen and oxygen atoms in total. The molecule has 0 spiro atoms. The Morgan fingerprint density at radius 2 is 2.11 bits per heavy atom. The molecule has 0 aliphatic carbocycles. The number of rotatable bonds is 9. The summed E-state index contributed by atoms with van der Waals surface area (Å²) in [6.45, 7) is 10.6. The Hall–Kier alpha value is -1.48. The third-order valence-electron chi connectivity index (χ3n) is 2.77. The molecule has 0 bridgehead atoms. The van der Waals surface area contributed by atoms with Crippen molar-refractivity contribution in [2.45, 2.75) is 33.2 Å². The van der Waals surface area contributed by atoms with Crippen LogP contribution in [0.2, 0.25) is 0 Å². The van der Waals surface area contributed by atoms with Gasteiger partial charge < -0.3 is 14.8 Å². The van der Waals surface area contributed by atoms with Gasteiger partial charge in [-0.25, -0.2) is 0 Å². The summed E-state index contributed by atoms with van der Waals surface area (Å²) in [6.07, 6.45) is 2.00. The van der Waals surface area contributed by atoms with Gasteiger partial charge in [0.2, 0.25) is 0 Å². The first-order valence-corrected chi connectivity index (χ1v) is 6.82. The minimum atomic E-state index is 0.636. The number of hydrogen-bond donors (Lipinski definition) is 1. The average Bonchev–Trinajstić information content (AvgIpc) is 2.39. The van der Waals surface area contributed by atoms with E-state index in [1.165, 1.54) is 5.56 Å². The molecule has 1 rings (SSSR count). The van der Waals surface area contributed by atoms with Gasteiger partial charge in [0.15, 0.2) is 11.5 Å². The molecule has 0 fully saturated rings. The molecule has 0 heterocycles. The summed E-state index contributed by atoms with van der Waals surface area (Å²) in [7, 11) is 1.66. The molecule has 0 aliphatic heterocycles. The first-order valence-electron chi connectivity index (χ1n) is 6.82. The van der Waals surface area contributed by atoms with Gasteiger partial charge in [-0.15, -0.1) is 6.58 Å². The van der Waals surface area contributed by atoms with Crippen LogP contribution in [-0.4, -0.2) is 20.3 Å². The van der Waals surface area contributed by atoms with Crippen molar-refractivity contribution in [3.05, 3.63) is 35.9 Å². The minimum Gasteiger partial charge on any atom is -0.493 e. The van der Waals surface area contributed by atoms with Gasteiger partial charge in [-0.3, -0.25) is 0 Å². The van der Waals surface area contributed by atoms with Crippen LogP contribution in [0.25, 0.3) is 0 Å². The second-order valence-electron chi connectivity index (χ2n) is 4.72. The zero-order valence-corrected chi connectivity index (χ0v) is 12.3. The van der Waals surface area contributed by atoms with E-state index in [1.807, 2.05) is 19.1 Å². The summed E-state index contributed by atoms with van der Waals surface area (Å²) in [6, 6.07) is 6.06. The first kappa shape index (κ1) is 15.6. The van der Waals surface area contributed by atoms with E-state index in [0.717, 1.165) is 43.0 Å². The predicted octanol–water partition coefficient (Wildman–Crippen LogP) is 3.54. The van der Waals surface area contributed by atoms with E-state index in [0.29, 0.717) is 6.61 Å². The SMILES string of the molecule is C=C(C)CCOc1cc(CNCCC)ccc1OC. The van der Waals surface area contributed by atoms with Crippen LogP contribution >= 0.6 is 0 Å². The molecule has 1 N–H and O–H groups in total. The second kappa shape index (κ2) is 8.59. The van der Waals surface area contributed by atoms with Crippen LogP contribution in [0.15, 0.2) is 30.4 Å². The van der Waals surface area contributed by atoms with Gasteiger partial charge in [0.05, 0.1) is 13.7 Å². The summed E-state index contributed by atoms with van der Waals surface area (Å²) < 4.78 is 11.1. The summed E-state index contributed by atoms with van der Waals surface area (Å²) in [5, 5.41) is 3.38. The maximum atomic E-state index is 5.77. The molecule has 0 unspecified atom stereocenters. The van der Waals surface area contributed by atoms with Crippen LogP contribution < -0.4 is 14.8 Å². The lowest BCUT2D eigenvalue weighted by molar-refractivity contribution is 0.297. The quantitative estimate of drug-likeness (QED) is 0.546. The van der Waals surface area contributed by atoms with E-state index in [-0.39, 0.29) is 0 Å². The first-order chi connectivity index (χ1) is 9.17. The van der Waals surface area contributed by atoms with Gasteiger partial charge in [0.25, 0.3) is 0 Å². The molecule has 1 aromatic carbocycles. The number of hydrogen-bond acceptors (Lipinski definition) is 3. The Bertz CT molecular complexity index is 402. The topological polar surface area (TPSA) is 30.5 Å². The molecule has 0 atom stereocenters. The fourth-order valence-electron chi connectivity index (χ4n) is 1.69. The van der Waals surface area contributed by atoms with Crippen LogP contribution in [0, 0.1) is 0 Å². The van der Waals surface area contributed by atoms with Gasteiger partial charge in [-0.1, -0.05) is 18.6 Å². The van der Waals surface area contributed by atoms with Crippen LogP contribution in [-0.2, 0) is 6.54 Å². The summed E-state index contributed by atoms with van der Waals surface area (Å²) in [5.41, 5.74) is 2.33. The van der Waals surface area contributed by atoms with Crippen molar-refractivity contribution in [2.24, 2.45) is 0 Å². The molecule has 106 valence electrons. The van der Waals surface area contributed by atoms with Crippen molar-refractivity contribution in [2.75, 3.05) is 20.3 Å². The van der Waals surface area contributed by atoms with Gasteiger partial charge in [-0.2, -0.15) is 0 Å². The lowest BCUT2D eigenvalue weighted by Crippen LogP contribution is -2.13. The minimum absolute atomic E-state index is 0.636. The van der Waals surface area contributed by atoms with Crippen LogP contribution in [0.3, 0.4) is 0 Å². The van der Waals surface area contributed by atoms with Gasteiger partial charge in [0.1, 0.15) is 0 Å². The monoisotopic (exact) mass is 263 g/mol. The molecule has 0 saturated carbocycles. The van der Waals surface area contributed by atoms with E-state index in [1.54, 1.807) is 7.11 Å². The number of nitrogens with one attached hydrogen (secondary N) is 1. The van der Waals surface area contributed by atoms with Crippen LogP contribution in [0.1, 0.15) is 32.3 Å². The Morgan fingerprint density at radius 3 is 2.74 bits per heavy atom. The lowest BCUT2D eigenvalue weighted by Gasteiger charge is -2.12. The predicted molar refractivity (Wildman–Crippen MR) is 79.9 cm³/mol. The number of ether oxygens (including phenoxy) is 2. The molecule has 0 aliphatic rings. The number of methoxy groups -OCH3 is 1. The van der Waals surface area contributed by atoms with Crippen molar-refractivity contribution in [1.29, 1.82) is 0 Å². The third kappa shape index (κ3) is 5.79. The summed E-state index contributed by atoms with van der Waals surface area (Å²) in [5.74, 6) is 1.58. The van der Waals surface area contributed by atoms with Gasteiger partial charge in [-0.05, 0) is 37.6 Å². The lowest BCUT2D eigenvalue weighted by atomic mass is 10.2. The third-order valence-corrected chi connectivity index (χ3v) is 2.77. The fourth-order valence-corrected chi connectivity index (χ4v) is 1.69. The smallest absolute Gasteiger partial charge is 0.161 e. The van der Waals surface area contributed by atoms with E-state index >= 15 is 0 Å². The largest absolute Gasteiger partial charge is 0.493 e. The molecule has 0 radical (unpaired) electrons. The zero-order chi connectivity index (χ0) is 14.1. The highest BCUT2D eigenvalue weighted by Crippen LogP contribution is 2.28. The van der Waals surface area contributed by atoms with Crippen LogP contribution in [0.4, 0.5) is 0 Å². The molecule has 0 aromatic heterocycles. The number of benzene rings is 1. The highest BCUT2D eigenvalue weighted by Gasteiger charge is 2.05. The van der Waals surface area contributed by atoms with Gasteiger partial charge in [0, 0.05) is 13.0 Å². The van der Waals surface area contributed by atoms with Crippen molar-refractivity contribution in [3.8, 4) is 11.5 Å². The normalized spacial score (nSPS) is 10.3. The van der Waals surface area contributed by atoms with Crippen molar-refractivity contribution >= 4 is 0 Å². The fraction of sp³-hybridized carbons (Fsp3) is 0.500. The van der Waals surface area contributed by atoms with E-state index < -0.39 is 0 Å². The molecule has 19 heavy (non-hydrogen) atoms. The average molecular weight is 263 g/mol. The Kier molecular flexibility index (Phi) is 7.04. The van der Waals surface area contributed by atoms with Crippen molar-refractivity contribution < 1.29 is 9.47 Å². The van der Waals surface area contributed by atoms with E-state index in [2.05, 4.69) is 24.9 Å². The van der Waals surface area contributed by atoms with E-state index in [4.69, 9.17) is 9.47 Å². The maximum Gasteiger partial charge on any atom is 0.161 e. The van der Waals surface area contributed by atoms with Crippen molar-refractivity contribution in [1.82, 2.24) is 5.32 Å². The molecular formula is C16H25NO2. The Morgan fingerprint density at radius 1 is 1.32 bits per heavy atom. The summed E-state index contributed by atoms with van der Waals surface area (Å²) in [4.78, 5) is 0. The van der Waals surface area contributed by atoms with Gasteiger partial charge >= 0.3 is 0 Å². The molecule has 0 saturated heterocycles. The summed E-state index contributed by atoms with van der Waals surface area (Å²) >= 11 is 0. The standard InChI is InChI=1S/C16H25NO2/c1-5-9-17-12-14-6-7-15(18-4)16(11-14)19-10-8-13(2)3/h6-7,11,17H,2,5,8-10,12H2,1,3-4H3. The van der Waals surface area contributed by atoms with Crippen molar-refractivity contribution in [3.63, 3.8) is 0 Å².